The fourth-order valence-electron chi connectivity index (χ4n) is 2.56. The highest BCUT2D eigenvalue weighted by Gasteiger charge is 2.39. The lowest BCUT2D eigenvalue weighted by Crippen LogP contribution is -2.48. The minimum absolute atomic E-state index is 0.0617. The van der Waals surface area contributed by atoms with Gasteiger partial charge in [-0.25, -0.2) is 13.2 Å². The first kappa shape index (κ1) is 17.5. The third-order valence-corrected chi connectivity index (χ3v) is 5.92. The number of carbonyl (C=O) groups excluding carboxylic acids is 2. The monoisotopic (exact) mass is 339 g/mol. The van der Waals surface area contributed by atoms with Crippen molar-refractivity contribution in [2.24, 2.45) is 0 Å². The molecule has 0 radical (unpaired) electrons. The molecular weight excluding hydrogens is 318 g/mol. The van der Waals surface area contributed by atoms with Crippen LogP contribution in [0.5, 0.6) is 0 Å². The van der Waals surface area contributed by atoms with Gasteiger partial charge < -0.3 is 10.1 Å². The van der Waals surface area contributed by atoms with E-state index in [0.717, 1.165) is 11.1 Å². The molecule has 1 amide bonds. The van der Waals surface area contributed by atoms with E-state index in [0.29, 0.717) is 12.0 Å². The number of hydrogen-bond donors (Lipinski definition) is 1. The molecule has 7 heteroatoms. The molecule has 1 aromatic rings. The van der Waals surface area contributed by atoms with Gasteiger partial charge in [0.05, 0.1) is 22.6 Å². The zero-order chi connectivity index (χ0) is 17.3. The number of ether oxygens (including phenoxy) is 1. The van der Waals surface area contributed by atoms with E-state index in [2.05, 4.69) is 5.32 Å². The zero-order valence-corrected chi connectivity index (χ0v) is 14.3. The van der Waals surface area contributed by atoms with Crippen LogP contribution in [0.1, 0.15) is 34.8 Å². The van der Waals surface area contributed by atoms with Gasteiger partial charge in [0, 0.05) is 0 Å². The van der Waals surface area contributed by atoms with Crippen LogP contribution in [0.3, 0.4) is 0 Å². The summed E-state index contributed by atoms with van der Waals surface area (Å²) in [6.45, 7) is 5.08. The molecule has 1 fully saturated rings. The van der Waals surface area contributed by atoms with Crippen molar-refractivity contribution in [1.82, 2.24) is 5.32 Å². The number of carbonyl (C=O) groups is 2. The van der Waals surface area contributed by atoms with E-state index in [-0.39, 0.29) is 11.5 Å². The van der Waals surface area contributed by atoms with Crippen LogP contribution in [0.25, 0.3) is 0 Å². The smallest absolute Gasteiger partial charge is 0.338 e. The predicted octanol–water partition coefficient (Wildman–Crippen LogP) is 1.15. The average molecular weight is 339 g/mol. The Balaban J connectivity index is 1.89. The standard InChI is InChI=1S/C16H21NO5S/c1-11-4-5-13(8-12(11)2)15(19)22-9-14(18)17-16(3)6-7-23(20,21)10-16/h4-5,8H,6-7,9-10H2,1-3H3,(H,17,18). The lowest BCUT2D eigenvalue weighted by atomic mass is 10.0. The molecule has 0 aromatic heterocycles. The third-order valence-electron chi connectivity index (χ3n) is 4.02. The lowest BCUT2D eigenvalue weighted by molar-refractivity contribution is -0.125. The van der Waals surface area contributed by atoms with Gasteiger partial charge in [0.2, 0.25) is 0 Å². The van der Waals surface area contributed by atoms with Crippen molar-refractivity contribution in [2.75, 3.05) is 18.1 Å². The maximum absolute atomic E-state index is 11.9. The molecule has 1 unspecified atom stereocenters. The Morgan fingerprint density at radius 3 is 2.52 bits per heavy atom. The van der Waals surface area contributed by atoms with Crippen molar-refractivity contribution in [3.63, 3.8) is 0 Å². The van der Waals surface area contributed by atoms with Gasteiger partial charge in [-0.2, -0.15) is 0 Å². The zero-order valence-electron chi connectivity index (χ0n) is 13.5. The Hall–Kier alpha value is -1.89. The van der Waals surface area contributed by atoms with E-state index in [9.17, 15) is 18.0 Å². The van der Waals surface area contributed by atoms with Gasteiger partial charge in [0.1, 0.15) is 0 Å². The number of rotatable bonds is 4. The summed E-state index contributed by atoms with van der Waals surface area (Å²) in [6.07, 6.45) is 0.367. The Labute approximate surface area is 136 Å². The molecular formula is C16H21NO5S. The topological polar surface area (TPSA) is 89.5 Å². The minimum atomic E-state index is -3.11. The van der Waals surface area contributed by atoms with Gasteiger partial charge in [-0.05, 0) is 50.5 Å². The van der Waals surface area contributed by atoms with E-state index >= 15 is 0 Å². The number of amides is 1. The van der Waals surface area contributed by atoms with Gasteiger partial charge in [-0.1, -0.05) is 6.07 Å². The van der Waals surface area contributed by atoms with E-state index in [1.54, 1.807) is 19.1 Å². The molecule has 0 bridgehead atoms. The van der Waals surface area contributed by atoms with Crippen LogP contribution in [-0.4, -0.2) is 43.9 Å². The molecule has 126 valence electrons. The predicted molar refractivity (Wildman–Crippen MR) is 86.0 cm³/mol. The van der Waals surface area contributed by atoms with Crippen LogP contribution in [0.4, 0.5) is 0 Å². The van der Waals surface area contributed by atoms with Gasteiger partial charge in [-0.15, -0.1) is 0 Å². The number of nitrogens with one attached hydrogen (secondary N) is 1. The number of hydrogen-bond acceptors (Lipinski definition) is 5. The summed E-state index contributed by atoms with van der Waals surface area (Å²) >= 11 is 0. The molecule has 1 heterocycles. The van der Waals surface area contributed by atoms with Crippen molar-refractivity contribution in [2.45, 2.75) is 32.7 Å². The van der Waals surface area contributed by atoms with E-state index in [1.807, 2.05) is 19.9 Å². The van der Waals surface area contributed by atoms with Crippen LogP contribution in [0.2, 0.25) is 0 Å². The molecule has 1 atom stereocenters. The molecule has 23 heavy (non-hydrogen) atoms. The Bertz CT molecular complexity index is 741. The minimum Gasteiger partial charge on any atom is -0.452 e. The van der Waals surface area contributed by atoms with E-state index < -0.39 is 33.9 Å². The number of esters is 1. The number of sulfone groups is 1. The average Bonchev–Trinajstić information content (AvgIpc) is 2.72. The normalized spacial score (nSPS) is 22.6. The van der Waals surface area contributed by atoms with Crippen LogP contribution in [-0.2, 0) is 19.4 Å². The summed E-state index contributed by atoms with van der Waals surface area (Å²) in [7, 11) is -3.11. The first-order chi connectivity index (χ1) is 10.6. The largest absolute Gasteiger partial charge is 0.452 e. The maximum atomic E-state index is 11.9. The molecule has 6 nitrogen and oxygen atoms in total. The fourth-order valence-corrected chi connectivity index (χ4v) is 4.66. The van der Waals surface area contributed by atoms with Crippen molar-refractivity contribution >= 4 is 21.7 Å². The maximum Gasteiger partial charge on any atom is 0.338 e. The molecule has 0 aliphatic carbocycles. The van der Waals surface area contributed by atoms with Crippen LogP contribution >= 0.6 is 0 Å². The summed E-state index contributed by atoms with van der Waals surface area (Å²) < 4.78 is 28.0. The molecule has 1 aliphatic heterocycles. The molecule has 1 aromatic carbocycles. The molecule has 2 rings (SSSR count). The Kier molecular flexibility index (Phi) is 4.79. The summed E-state index contributed by atoms with van der Waals surface area (Å²) in [5.41, 5.74) is 1.63. The Morgan fingerprint density at radius 2 is 1.96 bits per heavy atom. The van der Waals surface area contributed by atoms with Crippen LogP contribution < -0.4 is 5.32 Å². The highest BCUT2D eigenvalue weighted by Crippen LogP contribution is 2.22. The van der Waals surface area contributed by atoms with Gasteiger partial charge in [0.15, 0.2) is 16.4 Å². The third kappa shape index (κ3) is 4.54. The summed E-state index contributed by atoms with van der Waals surface area (Å²) in [5, 5.41) is 2.64. The molecule has 0 saturated carbocycles. The summed E-state index contributed by atoms with van der Waals surface area (Å²) in [5.74, 6) is -1.10. The first-order valence-corrected chi connectivity index (χ1v) is 9.18. The fraction of sp³-hybridized carbons (Fsp3) is 0.500. The lowest BCUT2D eigenvalue weighted by Gasteiger charge is -2.23. The second-order valence-corrected chi connectivity index (χ2v) is 8.51. The van der Waals surface area contributed by atoms with Crippen molar-refractivity contribution in [1.29, 1.82) is 0 Å². The van der Waals surface area contributed by atoms with Crippen molar-refractivity contribution in [3.8, 4) is 0 Å². The van der Waals surface area contributed by atoms with E-state index in [1.165, 1.54) is 0 Å². The molecule has 1 N–H and O–H groups in total. The van der Waals surface area contributed by atoms with Gasteiger partial charge in [0.25, 0.3) is 5.91 Å². The van der Waals surface area contributed by atoms with E-state index in [4.69, 9.17) is 4.74 Å². The second kappa shape index (κ2) is 6.31. The highest BCUT2D eigenvalue weighted by molar-refractivity contribution is 7.91. The molecule has 0 spiro atoms. The molecule has 1 aliphatic rings. The summed E-state index contributed by atoms with van der Waals surface area (Å²) in [6, 6.07) is 5.17. The number of aryl methyl sites for hydroxylation is 2. The SMILES string of the molecule is Cc1ccc(C(=O)OCC(=O)NC2(C)CCS(=O)(=O)C2)cc1C. The van der Waals surface area contributed by atoms with Gasteiger partial charge >= 0.3 is 5.97 Å². The highest BCUT2D eigenvalue weighted by atomic mass is 32.2. The second-order valence-electron chi connectivity index (χ2n) is 6.33. The number of benzene rings is 1. The van der Waals surface area contributed by atoms with Crippen LogP contribution in [0, 0.1) is 13.8 Å². The first-order valence-electron chi connectivity index (χ1n) is 7.36. The Morgan fingerprint density at radius 1 is 1.26 bits per heavy atom. The van der Waals surface area contributed by atoms with Crippen molar-refractivity contribution < 1.29 is 22.7 Å². The van der Waals surface area contributed by atoms with Crippen molar-refractivity contribution in [3.05, 3.63) is 34.9 Å². The van der Waals surface area contributed by atoms with Crippen LogP contribution in [0.15, 0.2) is 18.2 Å². The summed E-state index contributed by atoms with van der Waals surface area (Å²) in [4.78, 5) is 23.8. The molecule has 1 saturated heterocycles. The van der Waals surface area contributed by atoms with Gasteiger partial charge in [-0.3, -0.25) is 4.79 Å². The quantitative estimate of drug-likeness (QED) is 0.831.